The number of fused-ring (bicyclic) bond motifs is 1. The number of hydrazone groups is 1. The number of benzene rings is 1. The average molecular weight is 330 g/mol. The molecule has 0 spiro atoms. The standard InChI is InChI=1S/C15H14N4O5/c1-7-4-5-9(6-8(7)2)18-13(20)10-11(15(22)24-3)16-19(17-23)12(10)14(18)21/h4-6,10,12H,1-3H3. The Morgan fingerprint density at radius 3 is 2.50 bits per heavy atom. The van der Waals surface area contributed by atoms with Crippen LogP contribution in [0.25, 0.3) is 0 Å². The highest BCUT2D eigenvalue weighted by atomic mass is 16.5. The number of nitroso groups, excluding NO2 is 1. The van der Waals surface area contributed by atoms with Crippen LogP contribution in [0.4, 0.5) is 5.69 Å². The number of aryl methyl sites for hydroxylation is 2. The zero-order valence-electron chi connectivity index (χ0n) is 13.2. The molecule has 2 unspecified atom stereocenters. The number of carbonyl (C=O) groups is 3. The number of esters is 1. The summed E-state index contributed by atoms with van der Waals surface area (Å²) in [6.45, 7) is 3.76. The largest absolute Gasteiger partial charge is 0.464 e. The molecule has 2 amide bonds. The van der Waals surface area contributed by atoms with Crippen molar-refractivity contribution < 1.29 is 19.1 Å². The van der Waals surface area contributed by atoms with Gasteiger partial charge in [0, 0.05) is 0 Å². The van der Waals surface area contributed by atoms with Gasteiger partial charge in [-0.15, -0.1) is 15.1 Å². The van der Waals surface area contributed by atoms with Gasteiger partial charge in [-0.3, -0.25) is 9.59 Å². The molecule has 124 valence electrons. The fourth-order valence-corrected chi connectivity index (χ4v) is 2.85. The van der Waals surface area contributed by atoms with Gasteiger partial charge in [-0.05, 0) is 37.1 Å². The normalized spacial score (nSPS) is 22.5. The summed E-state index contributed by atoms with van der Waals surface area (Å²) in [4.78, 5) is 49.1. The van der Waals surface area contributed by atoms with Crippen LogP contribution in [0.3, 0.4) is 0 Å². The fraction of sp³-hybridized carbons (Fsp3) is 0.333. The molecule has 2 aliphatic heterocycles. The molecule has 1 saturated heterocycles. The van der Waals surface area contributed by atoms with Crippen molar-refractivity contribution in [2.75, 3.05) is 12.0 Å². The molecule has 0 N–H and O–H groups in total. The lowest BCUT2D eigenvalue weighted by Gasteiger charge is -2.17. The Morgan fingerprint density at radius 2 is 1.92 bits per heavy atom. The van der Waals surface area contributed by atoms with E-state index in [-0.39, 0.29) is 5.71 Å². The first-order chi connectivity index (χ1) is 11.4. The van der Waals surface area contributed by atoms with Crippen LogP contribution < -0.4 is 4.90 Å². The summed E-state index contributed by atoms with van der Waals surface area (Å²) >= 11 is 0. The smallest absolute Gasteiger partial charge is 0.355 e. The zero-order chi connectivity index (χ0) is 17.6. The first-order valence-electron chi connectivity index (χ1n) is 7.15. The van der Waals surface area contributed by atoms with E-state index in [2.05, 4.69) is 15.1 Å². The number of hydrogen-bond acceptors (Lipinski definition) is 7. The summed E-state index contributed by atoms with van der Waals surface area (Å²) in [5, 5.41) is 6.83. The molecule has 0 bridgehead atoms. The van der Waals surface area contributed by atoms with Crippen LogP contribution in [-0.2, 0) is 19.1 Å². The Labute approximate surface area is 136 Å². The molecule has 2 aliphatic rings. The van der Waals surface area contributed by atoms with Gasteiger partial charge in [0.1, 0.15) is 5.92 Å². The molecule has 9 heteroatoms. The van der Waals surface area contributed by atoms with Gasteiger partial charge >= 0.3 is 5.97 Å². The van der Waals surface area contributed by atoms with E-state index in [0.717, 1.165) is 23.1 Å². The van der Waals surface area contributed by atoms with E-state index in [1.807, 2.05) is 13.8 Å². The molecule has 0 aromatic heterocycles. The van der Waals surface area contributed by atoms with Crippen LogP contribution >= 0.6 is 0 Å². The maximum atomic E-state index is 12.7. The fourth-order valence-electron chi connectivity index (χ4n) is 2.85. The van der Waals surface area contributed by atoms with E-state index in [9.17, 15) is 19.3 Å². The Balaban J connectivity index is 2.05. The van der Waals surface area contributed by atoms with Crippen LogP contribution in [0, 0.1) is 24.7 Å². The van der Waals surface area contributed by atoms with Crippen LogP contribution in [0.1, 0.15) is 11.1 Å². The van der Waals surface area contributed by atoms with Crippen molar-refractivity contribution in [3.05, 3.63) is 34.2 Å². The van der Waals surface area contributed by atoms with Crippen molar-refractivity contribution in [1.29, 1.82) is 0 Å². The molecule has 2 atom stereocenters. The number of anilines is 1. The van der Waals surface area contributed by atoms with E-state index in [1.54, 1.807) is 18.2 Å². The average Bonchev–Trinajstić information content (AvgIpc) is 3.07. The number of hydrogen-bond donors (Lipinski definition) is 0. The van der Waals surface area contributed by atoms with E-state index < -0.39 is 29.7 Å². The first kappa shape index (κ1) is 15.8. The van der Waals surface area contributed by atoms with Gasteiger partial charge in [0.05, 0.1) is 18.1 Å². The molecule has 0 aliphatic carbocycles. The van der Waals surface area contributed by atoms with Gasteiger partial charge in [-0.25, -0.2) is 9.69 Å². The summed E-state index contributed by atoms with van der Waals surface area (Å²) in [5.74, 6) is -3.37. The third-order valence-electron chi connectivity index (χ3n) is 4.26. The van der Waals surface area contributed by atoms with Crippen molar-refractivity contribution >= 4 is 29.2 Å². The molecule has 1 fully saturated rings. The minimum absolute atomic E-state index is 0.299. The Hall–Kier alpha value is -3.10. The zero-order valence-corrected chi connectivity index (χ0v) is 13.2. The van der Waals surface area contributed by atoms with Gasteiger partial charge < -0.3 is 4.74 Å². The molecule has 0 radical (unpaired) electrons. The number of nitrogens with zero attached hydrogens (tertiary/aromatic N) is 4. The molecule has 1 aromatic carbocycles. The Kier molecular flexibility index (Phi) is 3.63. The number of ether oxygens (including phenoxy) is 1. The number of amides is 2. The summed E-state index contributed by atoms with van der Waals surface area (Å²) in [5.41, 5.74) is 1.98. The van der Waals surface area contributed by atoms with Crippen LogP contribution in [0.15, 0.2) is 28.6 Å². The number of carbonyl (C=O) groups excluding carboxylic acids is 3. The maximum absolute atomic E-state index is 12.7. The predicted octanol–water partition coefficient (Wildman–Crippen LogP) is 0.687. The van der Waals surface area contributed by atoms with Crippen LogP contribution in [0.5, 0.6) is 0 Å². The minimum atomic E-state index is -1.26. The molecule has 2 heterocycles. The second-order valence-electron chi connectivity index (χ2n) is 5.58. The van der Waals surface area contributed by atoms with Crippen molar-refractivity contribution in [3.63, 3.8) is 0 Å². The lowest BCUT2D eigenvalue weighted by molar-refractivity contribution is -0.133. The number of rotatable bonds is 3. The van der Waals surface area contributed by atoms with Gasteiger partial charge in [0.25, 0.3) is 5.91 Å². The van der Waals surface area contributed by atoms with Crippen LogP contribution in [0.2, 0.25) is 0 Å². The quantitative estimate of drug-likeness (QED) is 0.458. The summed E-state index contributed by atoms with van der Waals surface area (Å²) in [7, 11) is 1.12. The highest BCUT2D eigenvalue weighted by Crippen LogP contribution is 2.35. The van der Waals surface area contributed by atoms with Gasteiger partial charge in [0.2, 0.25) is 5.91 Å². The van der Waals surface area contributed by atoms with Crippen molar-refractivity contribution in [2.24, 2.45) is 16.3 Å². The second-order valence-corrected chi connectivity index (χ2v) is 5.58. The maximum Gasteiger partial charge on any atom is 0.355 e. The molecule has 3 rings (SSSR count). The molecule has 1 aromatic rings. The third-order valence-corrected chi connectivity index (χ3v) is 4.26. The monoisotopic (exact) mass is 330 g/mol. The molecule has 24 heavy (non-hydrogen) atoms. The van der Waals surface area contributed by atoms with Crippen LogP contribution in [-0.4, -0.2) is 41.8 Å². The lowest BCUT2D eigenvalue weighted by Crippen LogP contribution is -2.36. The topological polar surface area (TPSA) is 109 Å². The highest BCUT2D eigenvalue weighted by molar-refractivity contribution is 6.46. The third kappa shape index (κ3) is 2.08. The first-order valence-corrected chi connectivity index (χ1v) is 7.15. The van der Waals surface area contributed by atoms with Crippen molar-refractivity contribution in [2.45, 2.75) is 19.9 Å². The van der Waals surface area contributed by atoms with E-state index in [0.29, 0.717) is 10.8 Å². The molecule has 0 saturated carbocycles. The van der Waals surface area contributed by atoms with Gasteiger partial charge in [-0.1, -0.05) is 6.07 Å². The van der Waals surface area contributed by atoms with E-state index in [4.69, 9.17) is 0 Å². The summed E-state index contributed by atoms with van der Waals surface area (Å²) in [6, 6.07) is 3.85. The Morgan fingerprint density at radius 1 is 1.21 bits per heavy atom. The van der Waals surface area contributed by atoms with E-state index in [1.165, 1.54) is 0 Å². The molecule has 9 nitrogen and oxygen atoms in total. The summed E-state index contributed by atoms with van der Waals surface area (Å²) in [6.07, 6.45) is 0. The highest BCUT2D eigenvalue weighted by Gasteiger charge is 2.59. The predicted molar refractivity (Wildman–Crippen MR) is 82.8 cm³/mol. The lowest BCUT2D eigenvalue weighted by atomic mass is 9.98. The van der Waals surface area contributed by atoms with E-state index >= 15 is 0 Å². The number of imide groups is 1. The molecular weight excluding hydrogens is 316 g/mol. The number of methoxy groups -OCH3 is 1. The molecular formula is C15H14N4O5. The van der Waals surface area contributed by atoms with Gasteiger partial charge in [-0.2, -0.15) is 0 Å². The Bertz CT molecular complexity index is 803. The minimum Gasteiger partial charge on any atom is -0.464 e. The second kappa shape index (κ2) is 5.52. The van der Waals surface area contributed by atoms with Crippen molar-refractivity contribution in [3.8, 4) is 0 Å². The van der Waals surface area contributed by atoms with Crippen molar-refractivity contribution in [1.82, 2.24) is 5.12 Å². The SMILES string of the molecule is COC(=O)C1=NN(N=O)C2C(=O)N(c3ccc(C)c(C)c3)C(=O)C12. The van der Waals surface area contributed by atoms with Gasteiger partial charge in [0.15, 0.2) is 11.8 Å². The summed E-state index contributed by atoms with van der Waals surface area (Å²) < 4.78 is 4.57.